The average Bonchev–Trinajstić information content (AvgIpc) is 2.63. The molecule has 2 atom stereocenters. The zero-order valence-electron chi connectivity index (χ0n) is 6.45. The third-order valence-corrected chi connectivity index (χ3v) is 1.43. The van der Waals surface area contributed by atoms with Gasteiger partial charge in [0.25, 0.3) is 0 Å². The van der Waals surface area contributed by atoms with Crippen molar-refractivity contribution in [3.63, 3.8) is 0 Å². The predicted molar refractivity (Wildman–Crippen MR) is 30.0 cm³/mol. The van der Waals surface area contributed by atoms with Crippen LogP contribution in [0.3, 0.4) is 0 Å². The van der Waals surface area contributed by atoms with Crippen LogP contribution in [0.25, 0.3) is 0 Å². The Morgan fingerprint density at radius 2 is 2.36 bits per heavy atom. The number of hydrogen-bond donors (Lipinski definition) is 1. The Bertz CT molecular complexity index is 135. The van der Waals surface area contributed by atoms with Gasteiger partial charge in [0.1, 0.15) is 6.10 Å². The number of carboxylic acids is 1. The quantitative estimate of drug-likeness (QED) is 0.352. The van der Waals surface area contributed by atoms with Gasteiger partial charge in [-0.3, -0.25) is 0 Å². The Kier molecular flexibility index (Phi) is 6.16. The molecule has 0 aromatic rings. The molecule has 0 spiro atoms. The summed E-state index contributed by atoms with van der Waals surface area (Å²) in [5.41, 5.74) is 0. The van der Waals surface area contributed by atoms with Crippen LogP contribution in [0, 0.1) is 0 Å². The van der Waals surface area contributed by atoms with Crippen LogP contribution in [0.2, 0.25) is 0 Å². The summed E-state index contributed by atoms with van der Waals surface area (Å²) in [4.78, 5) is 9.88. The number of carboxylic acid groups (broad SMARTS) is 1. The molecule has 1 saturated heterocycles. The van der Waals surface area contributed by atoms with Gasteiger partial charge in [-0.15, -0.1) is 0 Å². The molecule has 0 aliphatic carbocycles. The van der Waals surface area contributed by atoms with Gasteiger partial charge in [-0.2, -0.15) is 0 Å². The minimum atomic E-state index is -1.13. The second-order valence-electron chi connectivity index (χ2n) is 2.35. The van der Waals surface area contributed by atoms with Gasteiger partial charge in [0.05, 0.1) is 12.7 Å². The summed E-state index contributed by atoms with van der Waals surface area (Å²) in [5, 5.41) is 18.9. The topological polar surface area (TPSA) is 72.9 Å². The number of ether oxygens (including phenoxy) is 1. The normalized spacial score (nSPS) is 23.5. The molecule has 1 aliphatic heterocycles. The Labute approximate surface area is 107 Å². The second kappa shape index (κ2) is 5.63. The molecule has 58 valence electrons. The first-order valence-corrected chi connectivity index (χ1v) is 3.19. The van der Waals surface area contributed by atoms with Gasteiger partial charge in [-0.1, -0.05) is 0 Å². The summed E-state index contributed by atoms with van der Waals surface area (Å²) in [7, 11) is 0. The van der Waals surface area contributed by atoms with E-state index in [9.17, 15) is 9.90 Å². The van der Waals surface area contributed by atoms with Gasteiger partial charge < -0.3 is 19.7 Å². The van der Waals surface area contributed by atoms with Crippen molar-refractivity contribution >= 4 is 5.97 Å². The summed E-state index contributed by atoms with van der Waals surface area (Å²) < 4.78 is 4.74. The predicted octanol–water partition coefficient (Wildman–Crippen LogP) is -4.72. The maximum Gasteiger partial charge on any atom is 1.00 e. The van der Waals surface area contributed by atoms with Crippen molar-refractivity contribution in [3.05, 3.63) is 0 Å². The molecule has 0 radical (unpaired) electrons. The summed E-state index contributed by atoms with van der Waals surface area (Å²) in [6.07, 6.45) is -0.620. The van der Waals surface area contributed by atoms with Crippen LogP contribution in [-0.2, 0) is 9.53 Å². The van der Waals surface area contributed by atoms with E-state index in [1.807, 2.05) is 0 Å². The molecule has 5 heteroatoms. The molecule has 0 aromatic heterocycles. The zero-order valence-corrected chi connectivity index (χ0v) is 9.57. The zero-order chi connectivity index (χ0) is 7.56. The summed E-state index contributed by atoms with van der Waals surface area (Å²) in [6.45, 7) is 0.550. The number of rotatable bonds is 4. The van der Waals surface area contributed by atoms with E-state index in [4.69, 9.17) is 9.84 Å². The van der Waals surface area contributed by atoms with E-state index in [1.54, 1.807) is 0 Å². The maximum absolute atomic E-state index is 9.88. The fourth-order valence-electron chi connectivity index (χ4n) is 0.729. The molecular formula is C6H9KO4. The van der Waals surface area contributed by atoms with Crippen LogP contribution in [0.5, 0.6) is 0 Å². The number of aliphatic hydroxyl groups excluding tert-OH is 1. The molecule has 0 saturated carbocycles. The molecule has 4 nitrogen and oxygen atoms in total. The minimum Gasteiger partial charge on any atom is -0.550 e. The number of hydrogen-bond acceptors (Lipinski definition) is 4. The van der Waals surface area contributed by atoms with E-state index < -0.39 is 12.1 Å². The van der Waals surface area contributed by atoms with Crippen LogP contribution >= 0.6 is 0 Å². The van der Waals surface area contributed by atoms with Crippen molar-refractivity contribution in [2.45, 2.75) is 25.0 Å². The molecule has 1 fully saturated rings. The van der Waals surface area contributed by atoms with Crippen LogP contribution in [0.15, 0.2) is 0 Å². The molecule has 1 N–H and O–H groups in total. The molecular weight excluding hydrogens is 175 g/mol. The largest absolute Gasteiger partial charge is 1.00 e. The average molecular weight is 184 g/mol. The van der Waals surface area contributed by atoms with Gasteiger partial charge in [0.15, 0.2) is 0 Å². The standard InChI is InChI=1S/C6H10O4.K/c7-4(5-3-10-5)1-2-6(8)9;/h4-5,7H,1-3H2,(H,8,9);/q;+1/p-1/t4-,5+;/m0./s1. The van der Waals surface area contributed by atoms with Gasteiger partial charge in [0, 0.05) is 5.97 Å². The molecule has 0 bridgehead atoms. The summed E-state index contributed by atoms with van der Waals surface area (Å²) >= 11 is 0. The van der Waals surface area contributed by atoms with Gasteiger partial charge in [0.2, 0.25) is 0 Å². The van der Waals surface area contributed by atoms with Gasteiger partial charge in [-0.25, -0.2) is 0 Å². The van der Waals surface area contributed by atoms with Crippen molar-refractivity contribution in [1.29, 1.82) is 0 Å². The first-order valence-electron chi connectivity index (χ1n) is 3.19. The van der Waals surface area contributed by atoms with Crippen molar-refractivity contribution in [3.8, 4) is 0 Å². The van der Waals surface area contributed by atoms with Crippen LogP contribution in [-0.4, -0.2) is 29.9 Å². The first-order chi connectivity index (χ1) is 4.70. The van der Waals surface area contributed by atoms with Crippen molar-refractivity contribution < 1.29 is 71.1 Å². The molecule has 0 unspecified atom stereocenters. The number of carbonyl (C=O) groups is 1. The number of aliphatic carboxylic acids is 1. The van der Waals surface area contributed by atoms with E-state index in [1.165, 1.54) is 0 Å². The second-order valence-corrected chi connectivity index (χ2v) is 2.35. The van der Waals surface area contributed by atoms with Gasteiger partial charge >= 0.3 is 51.4 Å². The maximum atomic E-state index is 9.88. The van der Waals surface area contributed by atoms with Crippen LogP contribution < -0.4 is 56.5 Å². The monoisotopic (exact) mass is 184 g/mol. The minimum absolute atomic E-state index is 0. The third-order valence-electron chi connectivity index (χ3n) is 1.43. The van der Waals surface area contributed by atoms with Crippen LogP contribution in [0.4, 0.5) is 0 Å². The fourth-order valence-corrected chi connectivity index (χ4v) is 0.729. The van der Waals surface area contributed by atoms with Gasteiger partial charge in [-0.05, 0) is 12.8 Å². The van der Waals surface area contributed by atoms with E-state index in [2.05, 4.69) is 0 Å². The molecule has 0 amide bonds. The Balaban J connectivity index is 0.000001000. The van der Waals surface area contributed by atoms with Crippen LogP contribution in [0.1, 0.15) is 12.8 Å². The van der Waals surface area contributed by atoms with Crippen molar-refractivity contribution in [1.82, 2.24) is 0 Å². The summed E-state index contributed by atoms with van der Waals surface area (Å²) in [5.74, 6) is -1.13. The fraction of sp³-hybridized carbons (Fsp3) is 0.833. The summed E-state index contributed by atoms with van der Waals surface area (Å²) in [6, 6.07) is 0. The molecule has 0 aromatic carbocycles. The smallest absolute Gasteiger partial charge is 0.550 e. The van der Waals surface area contributed by atoms with Crippen molar-refractivity contribution in [2.24, 2.45) is 0 Å². The Morgan fingerprint density at radius 1 is 1.82 bits per heavy atom. The number of carbonyl (C=O) groups excluding carboxylic acids is 1. The number of epoxide rings is 1. The van der Waals surface area contributed by atoms with E-state index in [0.717, 1.165) is 0 Å². The van der Waals surface area contributed by atoms with E-state index in [-0.39, 0.29) is 70.3 Å². The van der Waals surface area contributed by atoms with E-state index in [0.29, 0.717) is 6.61 Å². The Morgan fingerprint density at radius 3 is 2.73 bits per heavy atom. The number of aliphatic hydroxyl groups is 1. The molecule has 1 heterocycles. The third kappa shape index (κ3) is 5.29. The molecule has 1 rings (SSSR count). The van der Waals surface area contributed by atoms with Crippen molar-refractivity contribution in [2.75, 3.05) is 6.61 Å². The SMILES string of the molecule is O=C([O-])CC[C@H](O)[C@H]1CO1.[K+]. The van der Waals surface area contributed by atoms with E-state index >= 15 is 0 Å². The molecule has 11 heavy (non-hydrogen) atoms. The molecule has 1 aliphatic rings. The first kappa shape index (κ1) is 12.0. The Hall–Kier alpha value is 1.03.